The molecule has 22 heavy (non-hydrogen) atoms. The van der Waals surface area contributed by atoms with E-state index in [2.05, 4.69) is 5.32 Å². The van der Waals surface area contributed by atoms with Gasteiger partial charge in [-0.1, -0.05) is 12.1 Å². The molecule has 0 aromatic heterocycles. The number of primary amides is 1. The molecule has 0 bridgehead atoms. The molecule has 114 valence electrons. The summed E-state index contributed by atoms with van der Waals surface area (Å²) in [5.74, 6) is -1.03. The second-order valence-corrected chi connectivity index (χ2v) is 6.51. The molecule has 0 radical (unpaired) electrons. The summed E-state index contributed by atoms with van der Waals surface area (Å²) < 4.78 is 13.6. The Morgan fingerprint density at radius 3 is 2.64 bits per heavy atom. The highest BCUT2D eigenvalue weighted by molar-refractivity contribution is 14.1. The monoisotopic (exact) mass is 430 g/mol. The fourth-order valence-electron chi connectivity index (χ4n) is 1.71. The van der Waals surface area contributed by atoms with Crippen LogP contribution in [0.1, 0.15) is 10.4 Å². The first-order chi connectivity index (χ1) is 10.5. The summed E-state index contributed by atoms with van der Waals surface area (Å²) in [5, 5.41) is 2.77. The van der Waals surface area contributed by atoms with Crippen LogP contribution in [-0.4, -0.2) is 17.6 Å². The quantitative estimate of drug-likeness (QED) is 0.565. The molecule has 4 nitrogen and oxygen atoms in total. The first-order valence-electron chi connectivity index (χ1n) is 6.24. The summed E-state index contributed by atoms with van der Waals surface area (Å²) in [4.78, 5) is 23.9. The standard InChI is InChI=1S/C15H12FIN2O2S/c16-9-5-6-10(11(17)7-9)15(21)19-12-3-1-2-4-13(12)22-8-14(18)20/h1-7H,8H2,(H2,18,20)(H,19,21). The van der Waals surface area contributed by atoms with E-state index >= 15 is 0 Å². The van der Waals surface area contributed by atoms with E-state index in [1.807, 2.05) is 22.6 Å². The molecular weight excluding hydrogens is 418 g/mol. The van der Waals surface area contributed by atoms with E-state index in [1.165, 1.54) is 30.0 Å². The van der Waals surface area contributed by atoms with Gasteiger partial charge in [0.2, 0.25) is 5.91 Å². The minimum atomic E-state index is -0.431. The lowest BCUT2D eigenvalue weighted by molar-refractivity contribution is -0.115. The van der Waals surface area contributed by atoms with Gasteiger partial charge in [-0.15, -0.1) is 11.8 Å². The van der Waals surface area contributed by atoms with Gasteiger partial charge in [-0.25, -0.2) is 4.39 Å². The zero-order valence-corrected chi connectivity index (χ0v) is 14.3. The van der Waals surface area contributed by atoms with Crippen molar-refractivity contribution in [3.8, 4) is 0 Å². The molecule has 0 saturated heterocycles. The fraction of sp³-hybridized carbons (Fsp3) is 0.0667. The SMILES string of the molecule is NC(=O)CSc1ccccc1NC(=O)c1ccc(F)cc1I. The van der Waals surface area contributed by atoms with Crippen LogP contribution in [0.15, 0.2) is 47.4 Å². The number of hydrogen-bond acceptors (Lipinski definition) is 3. The Bertz CT molecular complexity index is 724. The number of halogens is 2. The van der Waals surface area contributed by atoms with Crippen LogP contribution >= 0.6 is 34.4 Å². The van der Waals surface area contributed by atoms with Crippen LogP contribution in [0.3, 0.4) is 0 Å². The van der Waals surface area contributed by atoms with Crippen molar-refractivity contribution in [2.45, 2.75) is 4.90 Å². The molecule has 0 fully saturated rings. The van der Waals surface area contributed by atoms with E-state index in [0.29, 0.717) is 14.8 Å². The fourth-order valence-corrected chi connectivity index (χ4v) is 3.18. The number of rotatable bonds is 5. The Balaban J connectivity index is 2.19. The number of hydrogen-bond donors (Lipinski definition) is 2. The number of carbonyl (C=O) groups excluding carboxylic acids is 2. The number of benzene rings is 2. The van der Waals surface area contributed by atoms with Gasteiger partial charge in [0.25, 0.3) is 5.91 Å². The van der Waals surface area contributed by atoms with Crippen molar-refractivity contribution in [1.82, 2.24) is 0 Å². The van der Waals surface area contributed by atoms with E-state index in [9.17, 15) is 14.0 Å². The molecule has 0 aliphatic heterocycles. The third kappa shape index (κ3) is 4.44. The van der Waals surface area contributed by atoms with Gasteiger partial charge in [0, 0.05) is 8.47 Å². The topological polar surface area (TPSA) is 72.2 Å². The maximum atomic E-state index is 13.1. The summed E-state index contributed by atoms with van der Waals surface area (Å²) in [6, 6.07) is 11.1. The van der Waals surface area contributed by atoms with Crippen LogP contribution in [0.4, 0.5) is 10.1 Å². The van der Waals surface area contributed by atoms with Crippen LogP contribution in [-0.2, 0) is 4.79 Å². The maximum Gasteiger partial charge on any atom is 0.256 e. The second kappa shape index (κ2) is 7.59. The molecule has 3 N–H and O–H groups in total. The highest BCUT2D eigenvalue weighted by Crippen LogP contribution is 2.27. The molecule has 0 atom stereocenters. The van der Waals surface area contributed by atoms with E-state index < -0.39 is 11.7 Å². The minimum absolute atomic E-state index is 0.126. The summed E-state index contributed by atoms with van der Waals surface area (Å²) in [6.07, 6.45) is 0. The van der Waals surface area contributed by atoms with Gasteiger partial charge >= 0.3 is 0 Å². The molecule has 0 aliphatic rings. The van der Waals surface area contributed by atoms with Gasteiger partial charge in [-0.05, 0) is 52.9 Å². The van der Waals surface area contributed by atoms with Crippen LogP contribution in [0.25, 0.3) is 0 Å². The molecule has 0 heterocycles. The third-order valence-electron chi connectivity index (χ3n) is 2.68. The van der Waals surface area contributed by atoms with Gasteiger partial charge in [-0.2, -0.15) is 0 Å². The number of anilines is 1. The maximum absolute atomic E-state index is 13.1. The van der Waals surface area contributed by atoms with Crippen LogP contribution in [0.5, 0.6) is 0 Å². The van der Waals surface area contributed by atoms with Crippen molar-refractivity contribution in [3.05, 3.63) is 57.4 Å². The first kappa shape index (κ1) is 16.8. The van der Waals surface area contributed by atoms with E-state index in [1.54, 1.807) is 24.3 Å². The number of para-hydroxylation sites is 1. The Morgan fingerprint density at radius 1 is 1.23 bits per heavy atom. The van der Waals surface area contributed by atoms with Gasteiger partial charge in [-0.3, -0.25) is 9.59 Å². The Morgan fingerprint density at radius 2 is 1.95 bits per heavy atom. The second-order valence-electron chi connectivity index (χ2n) is 4.33. The van der Waals surface area contributed by atoms with Crippen LogP contribution in [0, 0.1) is 9.39 Å². The molecule has 0 saturated carbocycles. The number of carbonyl (C=O) groups is 2. The first-order valence-corrected chi connectivity index (χ1v) is 8.30. The van der Waals surface area contributed by atoms with Crippen molar-refractivity contribution in [1.29, 1.82) is 0 Å². The lowest BCUT2D eigenvalue weighted by Gasteiger charge is -2.11. The normalized spacial score (nSPS) is 10.3. The smallest absolute Gasteiger partial charge is 0.256 e. The van der Waals surface area contributed by atoms with Crippen molar-refractivity contribution in [3.63, 3.8) is 0 Å². The Labute approximate surface area is 144 Å². The zero-order valence-electron chi connectivity index (χ0n) is 11.3. The molecule has 2 aromatic carbocycles. The lowest BCUT2D eigenvalue weighted by atomic mass is 10.2. The van der Waals surface area contributed by atoms with E-state index in [4.69, 9.17) is 5.73 Å². The predicted molar refractivity (Wildman–Crippen MR) is 93.4 cm³/mol. The number of nitrogens with two attached hydrogens (primary N) is 1. The van der Waals surface area contributed by atoms with E-state index in [-0.39, 0.29) is 11.7 Å². The predicted octanol–water partition coefficient (Wildman–Crippen LogP) is 3.26. The van der Waals surface area contributed by atoms with Crippen molar-refractivity contribution < 1.29 is 14.0 Å². The van der Waals surface area contributed by atoms with Crippen molar-refractivity contribution >= 4 is 51.9 Å². The number of nitrogens with one attached hydrogen (secondary N) is 1. The molecule has 0 spiro atoms. The molecule has 2 aromatic rings. The Hall–Kier alpha value is -1.61. The lowest BCUT2D eigenvalue weighted by Crippen LogP contribution is -2.15. The average molecular weight is 430 g/mol. The van der Waals surface area contributed by atoms with Crippen LogP contribution < -0.4 is 11.1 Å². The molecule has 0 unspecified atom stereocenters. The van der Waals surface area contributed by atoms with E-state index in [0.717, 1.165) is 4.90 Å². The largest absolute Gasteiger partial charge is 0.369 e. The highest BCUT2D eigenvalue weighted by Gasteiger charge is 2.13. The average Bonchev–Trinajstić information content (AvgIpc) is 2.46. The summed E-state index contributed by atoms with van der Waals surface area (Å²) in [7, 11) is 0. The van der Waals surface area contributed by atoms with Gasteiger partial charge in [0.15, 0.2) is 0 Å². The number of thioether (sulfide) groups is 1. The minimum Gasteiger partial charge on any atom is -0.369 e. The molecule has 7 heteroatoms. The van der Waals surface area contributed by atoms with Crippen molar-refractivity contribution in [2.75, 3.05) is 11.1 Å². The Kier molecular flexibility index (Phi) is 5.78. The highest BCUT2D eigenvalue weighted by atomic mass is 127. The molecule has 0 aliphatic carbocycles. The van der Waals surface area contributed by atoms with Crippen molar-refractivity contribution in [2.24, 2.45) is 5.73 Å². The third-order valence-corrected chi connectivity index (χ3v) is 4.67. The van der Waals surface area contributed by atoms with Gasteiger partial charge in [0.1, 0.15) is 5.82 Å². The molecule has 2 rings (SSSR count). The van der Waals surface area contributed by atoms with Gasteiger partial charge < -0.3 is 11.1 Å². The van der Waals surface area contributed by atoms with Gasteiger partial charge in [0.05, 0.1) is 17.0 Å². The van der Waals surface area contributed by atoms with Crippen LogP contribution in [0.2, 0.25) is 0 Å². The number of amides is 2. The zero-order chi connectivity index (χ0) is 16.1. The summed E-state index contributed by atoms with van der Waals surface area (Å²) in [5.41, 5.74) is 6.10. The summed E-state index contributed by atoms with van der Waals surface area (Å²) >= 11 is 3.16. The molecule has 2 amide bonds. The molecular formula is C15H12FIN2O2S. The summed E-state index contributed by atoms with van der Waals surface area (Å²) in [6.45, 7) is 0.